The van der Waals surface area contributed by atoms with Crippen molar-refractivity contribution in [3.63, 3.8) is 0 Å². The second kappa shape index (κ2) is 8.35. The van der Waals surface area contributed by atoms with Crippen molar-refractivity contribution in [2.45, 2.75) is 24.3 Å². The molecule has 0 aliphatic heterocycles. The van der Waals surface area contributed by atoms with Gasteiger partial charge < -0.3 is 9.88 Å². The molecule has 0 atom stereocenters. The zero-order valence-electron chi connectivity index (χ0n) is 14.5. The zero-order valence-corrected chi connectivity index (χ0v) is 15.3. The van der Waals surface area contributed by atoms with Gasteiger partial charge in [0, 0.05) is 12.2 Å². The Morgan fingerprint density at radius 1 is 1.21 bits per heavy atom. The third kappa shape index (κ3) is 4.64. The van der Waals surface area contributed by atoms with Crippen LogP contribution in [0.15, 0.2) is 53.7 Å². The molecule has 1 amide bonds. The molecule has 0 radical (unpaired) electrons. The summed E-state index contributed by atoms with van der Waals surface area (Å²) in [6.45, 7) is 0.439. The van der Waals surface area contributed by atoms with Crippen molar-refractivity contribution in [2.24, 2.45) is 0 Å². The van der Waals surface area contributed by atoms with Gasteiger partial charge in [0.1, 0.15) is 0 Å². The van der Waals surface area contributed by atoms with E-state index in [1.54, 1.807) is 0 Å². The Kier molecular flexibility index (Phi) is 5.90. The third-order valence-corrected chi connectivity index (χ3v) is 4.85. The van der Waals surface area contributed by atoms with Gasteiger partial charge in [0.25, 0.3) is 0 Å². The summed E-state index contributed by atoms with van der Waals surface area (Å²) >= 11 is 1.17. The number of halogens is 3. The Labute approximate surface area is 163 Å². The first-order chi connectivity index (χ1) is 13.4. The maximum absolute atomic E-state index is 12.8. The molecule has 0 saturated carbocycles. The summed E-state index contributed by atoms with van der Waals surface area (Å²) in [6.07, 6.45) is -4.18. The fourth-order valence-corrected chi connectivity index (χ4v) is 3.48. The molecule has 9 heteroatoms. The highest BCUT2D eigenvalue weighted by atomic mass is 32.2. The van der Waals surface area contributed by atoms with Crippen LogP contribution in [0.5, 0.6) is 0 Å². The molecule has 3 rings (SSSR count). The van der Waals surface area contributed by atoms with Crippen molar-refractivity contribution >= 4 is 34.4 Å². The lowest BCUT2D eigenvalue weighted by Crippen LogP contribution is -2.15. The van der Waals surface area contributed by atoms with Crippen molar-refractivity contribution in [2.75, 3.05) is 11.1 Å². The highest BCUT2D eigenvalue weighted by Gasteiger charge is 2.30. The lowest BCUT2D eigenvalue weighted by Gasteiger charge is -2.10. The Morgan fingerprint density at radius 2 is 2.00 bits per heavy atom. The average Bonchev–Trinajstić information content (AvgIpc) is 3.02. The number of aromatic nitrogens is 2. The number of aryl methyl sites for hydroxylation is 1. The highest BCUT2D eigenvalue weighted by Crippen LogP contribution is 2.31. The molecule has 1 heterocycles. The summed E-state index contributed by atoms with van der Waals surface area (Å²) in [6, 6.07) is 14.0. The quantitative estimate of drug-likeness (QED) is 0.605. The first kappa shape index (κ1) is 19.8. The van der Waals surface area contributed by atoms with Crippen molar-refractivity contribution in [3.05, 3.63) is 54.1 Å². The summed E-state index contributed by atoms with van der Waals surface area (Å²) in [4.78, 5) is 16.7. The number of amides is 1. The second-order valence-corrected chi connectivity index (χ2v) is 6.80. The van der Waals surface area contributed by atoms with E-state index in [-0.39, 0.29) is 11.4 Å². The zero-order chi connectivity index (χ0) is 20.1. The predicted molar refractivity (Wildman–Crippen MR) is 101 cm³/mol. The third-order valence-electron chi connectivity index (χ3n) is 3.87. The molecule has 0 bridgehead atoms. The number of nitrogens with zero attached hydrogens (tertiary/aromatic N) is 3. The summed E-state index contributed by atoms with van der Waals surface area (Å²) in [7, 11) is 0. The van der Waals surface area contributed by atoms with Crippen LogP contribution in [-0.2, 0) is 17.5 Å². The van der Waals surface area contributed by atoms with Crippen LogP contribution in [0, 0.1) is 11.3 Å². The number of hydrogen-bond donors (Lipinski definition) is 1. The fourth-order valence-electron chi connectivity index (χ4n) is 2.64. The number of imidazole rings is 1. The number of carbonyl (C=O) groups excluding carboxylic acids is 1. The number of alkyl halides is 3. The van der Waals surface area contributed by atoms with E-state index in [9.17, 15) is 18.0 Å². The van der Waals surface area contributed by atoms with E-state index >= 15 is 0 Å². The Balaban J connectivity index is 1.70. The van der Waals surface area contributed by atoms with Crippen LogP contribution in [0.25, 0.3) is 11.0 Å². The van der Waals surface area contributed by atoms with Crippen molar-refractivity contribution in [3.8, 4) is 6.07 Å². The van der Waals surface area contributed by atoms with Crippen molar-refractivity contribution in [1.29, 1.82) is 5.26 Å². The van der Waals surface area contributed by atoms with E-state index in [4.69, 9.17) is 5.26 Å². The van der Waals surface area contributed by atoms with Gasteiger partial charge in [0.2, 0.25) is 5.91 Å². The molecule has 5 nitrogen and oxygen atoms in total. The van der Waals surface area contributed by atoms with Gasteiger partial charge >= 0.3 is 6.18 Å². The number of anilines is 1. The number of para-hydroxylation sites is 2. The maximum atomic E-state index is 12.8. The SMILES string of the molecule is N#CCCn1c(SCC(=O)Nc2cccc(C(F)(F)F)c2)nc2ccccc21. The number of fused-ring (bicyclic) bond motifs is 1. The van der Waals surface area contributed by atoms with Crippen molar-refractivity contribution < 1.29 is 18.0 Å². The topological polar surface area (TPSA) is 70.7 Å². The van der Waals surface area contributed by atoms with Crippen LogP contribution < -0.4 is 5.32 Å². The van der Waals surface area contributed by atoms with Crippen LogP contribution in [0.1, 0.15) is 12.0 Å². The van der Waals surface area contributed by atoms with Crippen LogP contribution in [0.3, 0.4) is 0 Å². The maximum Gasteiger partial charge on any atom is 0.416 e. The molecule has 144 valence electrons. The fraction of sp³-hybridized carbons (Fsp3) is 0.211. The minimum atomic E-state index is -4.47. The molecular weight excluding hydrogens is 389 g/mol. The molecule has 0 spiro atoms. The molecule has 0 unspecified atom stereocenters. The van der Waals surface area contributed by atoms with Crippen LogP contribution in [-0.4, -0.2) is 21.2 Å². The summed E-state index contributed by atoms with van der Waals surface area (Å²) in [5.41, 5.74) is 0.870. The normalized spacial score (nSPS) is 11.4. The molecule has 0 aliphatic carbocycles. The molecule has 2 aromatic carbocycles. The smallest absolute Gasteiger partial charge is 0.325 e. The van der Waals surface area contributed by atoms with Gasteiger partial charge in [-0.15, -0.1) is 0 Å². The lowest BCUT2D eigenvalue weighted by molar-refractivity contribution is -0.137. The van der Waals surface area contributed by atoms with E-state index in [0.717, 1.165) is 23.2 Å². The van der Waals surface area contributed by atoms with Gasteiger partial charge in [0.15, 0.2) is 5.16 Å². The average molecular weight is 404 g/mol. The van der Waals surface area contributed by atoms with Crippen LogP contribution in [0.2, 0.25) is 0 Å². The number of hydrogen-bond acceptors (Lipinski definition) is 4. The van der Waals surface area contributed by atoms with E-state index in [1.807, 2.05) is 28.8 Å². The van der Waals surface area contributed by atoms with E-state index in [2.05, 4.69) is 16.4 Å². The summed E-state index contributed by atoms with van der Waals surface area (Å²) in [5, 5.41) is 11.9. The largest absolute Gasteiger partial charge is 0.416 e. The molecule has 1 N–H and O–H groups in total. The van der Waals surface area contributed by atoms with Crippen LogP contribution in [0.4, 0.5) is 18.9 Å². The van der Waals surface area contributed by atoms with Crippen LogP contribution >= 0.6 is 11.8 Å². The molecule has 0 fully saturated rings. The van der Waals surface area contributed by atoms with E-state index in [1.165, 1.54) is 23.9 Å². The predicted octanol–water partition coefficient (Wildman–Crippen LogP) is 4.70. The highest BCUT2D eigenvalue weighted by molar-refractivity contribution is 7.99. The molecule has 0 aliphatic rings. The summed E-state index contributed by atoms with van der Waals surface area (Å²) in [5.74, 6) is -0.463. The first-order valence-electron chi connectivity index (χ1n) is 8.30. The Bertz CT molecular complexity index is 1040. The minimum Gasteiger partial charge on any atom is -0.325 e. The number of thioether (sulfide) groups is 1. The monoisotopic (exact) mass is 404 g/mol. The molecular formula is C19H15F3N4OS. The van der Waals surface area contributed by atoms with Crippen molar-refractivity contribution in [1.82, 2.24) is 9.55 Å². The number of benzene rings is 2. The Hall–Kier alpha value is -2.99. The Morgan fingerprint density at radius 3 is 2.75 bits per heavy atom. The molecule has 1 aromatic heterocycles. The number of rotatable bonds is 6. The lowest BCUT2D eigenvalue weighted by atomic mass is 10.2. The summed E-state index contributed by atoms with van der Waals surface area (Å²) < 4.78 is 40.2. The molecule has 3 aromatic rings. The molecule has 0 saturated heterocycles. The number of carbonyl (C=O) groups is 1. The van der Waals surface area contributed by atoms with Gasteiger partial charge in [-0.2, -0.15) is 18.4 Å². The van der Waals surface area contributed by atoms with Gasteiger partial charge in [-0.05, 0) is 30.3 Å². The van der Waals surface area contributed by atoms with Gasteiger partial charge in [0.05, 0.1) is 34.8 Å². The number of nitrogens with one attached hydrogen (secondary N) is 1. The van der Waals surface area contributed by atoms with E-state index < -0.39 is 17.6 Å². The van der Waals surface area contributed by atoms with Gasteiger partial charge in [-0.25, -0.2) is 4.98 Å². The van der Waals surface area contributed by atoms with Gasteiger partial charge in [-0.3, -0.25) is 4.79 Å². The minimum absolute atomic E-state index is 0.0217. The number of nitriles is 1. The first-order valence-corrected chi connectivity index (χ1v) is 9.29. The standard InChI is InChI=1S/C19H15F3N4OS/c20-19(21,22)13-5-3-6-14(11-13)24-17(27)12-28-18-25-15-7-1-2-8-16(15)26(18)10-4-9-23/h1-3,5-8,11H,4,10,12H2,(H,24,27). The second-order valence-electron chi connectivity index (χ2n) is 5.86. The van der Waals surface area contributed by atoms with E-state index in [0.29, 0.717) is 18.1 Å². The molecule has 28 heavy (non-hydrogen) atoms. The van der Waals surface area contributed by atoms with Gasteiger partial charge in [-0.1, -0.05) is 30.0 Å².